The number of nitrogens with one attached hydrogen (secondary N) is 1. The van der Waals surface area contributed by atoms with Crippen molar-refractivity contribution < 1.29 is 14.5 Å². The highest BCUT2D eigenvalue weighted by Gasteiger charge is 2.22. The Balaban J connectivity index is 1.81. The Hall–Kier alpha value is -3.76. The molecular formula is C13H12N8O3. The molecule has 0 aliphatic rings. The van der Waals surface area contributed by atoms with E-state index in [0.717, 1.165) is 4.68 Å². The first kappa shape index (κ1) is 15.1. The fourth-order valence-electron chi connectivity index (χ4n) is 1.93. The molecule has 0 aliphatic carbocycles. The van der Waals surface area contributed by atoms with Gasteiger partial charge in [0.15, 0.2) is 5.69 Å². The average molecular weight is 328 g/mol. The molecule has 0 saturated carbocycles. The third kappa shape index (κ3) is 2.90. The van der Waals surface area contributed by atoms with Gasteiger partial charge in [0, 0.05) is 0 Å². The van der Waals surface area contributed by atoms with Gasteiger partial charge in [0.2, 0.25) is 11.6 Å². The van der Waals surface area contributed by atoms with Crippen LogP contribution in [0.1, 0.15) is 21.7 Å². The van der Waals surface area contributed by atoms with Crippen molar-refractivity contribution >= 4 is 17.9 Å². The van der Waals surface area contributed by atoms with Crippen molar-refractivity contribution in [2.24, 2.45) is 5.10 Å². The van der Waals surface area contributed by atoms with E-state index >= 15 is 0 Å². The van der Waals surface area contributed by atoms with Crippen molar-refractivity contribution in [3.63, 3.8) is 0 Å². The van der Waals surface area contributed by atoms with Crippen LogP contribution in [0.2, 0.25) is 0 Å². The van der Waals surface area contributed by atoms with Crippen molar-refractivity contribution in [1.29, 1.82) is 0 Å². The van der Waals surface area contributed by atoms with Crippen molar-refractivity contribution in [2.45, 2.75) is 6.92 Å². The number of nitrogens with zero attached hydrogens (tertiary/aromatic N) is 6. The van der Waals surface area contributed by atoms with Crippen molar-refractivity contribution in [3.8, 4) is 11.6 Å². The van der Waals surface area contributed by atoms with Gasteiger partial charge in [-0.15, -0.1) is 5.10 Å². The predicted octanol–water partition coefficient (Wildman–Crippen LogP) is 0.0104. The van der Waals surface area contributed by atoms with Crippen LogP contribution < -0.4 is 11.2 Å². The van der Waals surface area contributed by atoms with E-state index in [1.807, 2.05) is 0 Å². The lowest BCUT2D eigenvalue weighted by molar-refractivity contribution is 0.0946. The highest BCUT2D eigenvalue weighted by molar-refractivity contribution is 5.94. The van der Waals surface area contributed by atoms with E-state index < -0.39 is 5.91 Å². The second-order valence-electron chi connectivity index (χ2n) is 4.70. The molecule has 0 radical (unpaired) electrons. The van der Waals surface area contributed by atoms with Crippen LogP contribution in [0.25, 0.3) is 5.82 Å². The number of phenols is 1. The van der Waals surface area contributed by atoms with Crippen LogP contribution in [0.5, 0.6) is 5.75 Å². The van der Waals surface area contributed by atoms with Gasteiger partial charge in [0.05, 0.1) is 11.9 Å². The fraction of sp³-hybridized carbons (Fsp3) is 0.0769. The maximum absolute atomic E-state index is 12.3. The lowest BCUT2D eigenvalue weighted by Crippen LogP contribution is -2.22. The third-order valence-electron chi connectivity index (χ3n) is 3.00. The van der Waals surface area contributed by atoms with Gasteiger partial charge >= 0.3 is 0 Å². The molecule has 11 nitrogen and oxygen atoms in total. The normalized spacial score (nSPS) is 11.0. The number of amides is 1. The van der Waals surface area contributed by atoms with Gasteiger partial charge in [0.25, 0.3) is 5.91 Å². The number of nitrogen functional groups attached to an aromatic ring is 1. The SMILES string of the molecule is Cc1nnn(-c2nonc2N)c1C(=O)NN=Cc1cccc(O)c1. The Morgan fingerprint density at radius 3 is 3.00 bits per heavy atom. The van der Waals surface area contributed by atoms with E-state index in [0.29, 0.717) is 11.3 Å². The van der Waals surface area contributed by atoms with E-state index in [1.54, 1.807) is 19.1 Å². The number of carbonyl (C=O) groups is 1. The number of nitrogens with two attached hydrogens (primary N) is 1. The summed E-state index contributed by atoms with van der Waals surface area (Å²) in [5.74, 6) is -0.455. The van der Waals surface area contributed by atoms with Gasteiger partial charge in [-0.1, -0.05) is 17.3 Å². The highest BCUT2D eigenvalue weighted by atomic mass is 16.6. The highest BCUT2D eigenvalue weighted by Crippen LogP contribution is 2.15. The number of aromatic hydroxyl groups is 1. The Kier molecular flexibility index (Phi) is 3.89. The monoisotopic (exact) mass is 328 g/mol. The Bertz CT molecular complexity index is 914. The second kappa shape index (κ2) is 6.16. The van der Waals surface area contributed by atoms with E-state index in [9.17, 15) is 9.90 Å². The number of hydrogen-bond acceptors (Lipinski definition) is 9. The Morgan fingerprint density at radius 1 is 1.46 bits per heavy atom. The van der Waals surface area contributed by atoms with E-state index in [1.165, 1.54) is 18.3 Å². The average Bonchev–Trinajstić information content (AvgIpc) is 3.12. The number of anilines is 1. The van der Waals surface area contributed by atoms with E-state index in [2.05, 4.69) is 35.8 Å². The van der Waals surface area contributed by atoms with E-state index in [4.69, 9.17) is 5.73 Å². The molecule has 0 bridgehead atoms. The number of phenolic OH excluding ortho intramolecular Hbond substituents is 1. The van der Waals surface area contributed by atoms with Gasteiger partial charge in [-0.2, -0.15) is 9.78 Å². The first-order valence-electron chi connectivity index (χ1n) is 6.69. The minimum absolute atomic E-state index is 0.0304. The maximum Gasteiger partial charge on any atom is 0.292 e. The molecule has 24 heavy (non-hydrogen) atoms. The fourth-order valence-corrected chi connectivity index (χ4v) is 1.93. The standard InChI is InChI=1S/C13H12N8O3/c1-7-10(21(20-16-7)12-11(14)18-24-19-12)13(23)17-15-6-8-3-2-4-9(22)5-8/h2-6,22H,1H3,(H2,14,18)(H,17,23). The minimum Gasteiger partial charge on any atom is -0.508 e. The molecule has 122 valence electrons. The summed E-state index contributed by atoms with van der Waals surface area (Å²) < 4.78 is 5.61. The molecule has 0 unspecified atom stereocenters. The number of carbonyl (C=O) groups excluding carboxylic acids is 1. The summed E-state index contributed by atoms with van der Waals surface area (Å²) in [7, 11) is 0. The molecule has 0 saturated heterocycles. The number of aryl methyl sites for hydroxylation is 1. The van der Waals surface area contributed by atoms with Crippen LogP contribution in [0.4, 0.5) is 5.82 Å². The second-order valence-corrected chi connectivity index (χ2v) is 4.70. The molecule has 2 aromatic heterocycles. The van der Waals surface area contributed by atoms with Crippen LogP contribution in [0.3, 0.4) is 0 Å². The zero-order valence-corrected chi connectivity index (χ0v) is 12.4. The molecule has 0 atom stereocenters. The Morgan fingerprint density at radius 2 is 2.29 bits per heavy atom. The lowest BCUT2D eigenvalue weighted by atomic mass is 10.2. The Labute approximate surface area is 134 Å². The molecule has 2 heterocycles. The van der Waals surface area contributed by atoms with Gasteiger partial charge in [-0.05, 0) is 34.9 Å². The van der Waals surface area contributed by atoms with Crippen molar-refractivity contribution in [1.82, 2.24) is 30.7 Å². The molecular weight excluding hydrogens is 316 g/mol. The molecule has 11 heteroatoms. The largest absolute Gasteiger partial charge is 0.508 e. The third-order valence-corrected chi connectivity index (χ3v) is 3.00. The first-order valence-corrected chi connectivity index (χ1v) is 6.69. The summed E-state index contributed by atoms with van der Waals surface area (Å²) >= 11 is 0. The van der Waals surface area contributed by atoms with Crippen LogP contribution in [0, 0.1) is 6.92 Å². The van der Waals surface area contributed by atoms with Crippen LogP contribution in [0.15, 0.2) is 34.0 Å². The van der Waals surface area contributed by atoms with Gasteiger partial charge in [0.1, 0.15) is 5.75 Å². The number of hydrogen-bond donors (Lipinski definition) is 3. The summed E-state index contributed by atoms with van der Waals surface area (Å²) in [6.07, 6.45) is 1.38. The smallest absolute Gasteiger partial charge is 0.292 e. The van der Waals surface area contributed by atoms with Crippen LogP contribution in [-0.4, -0.2) is 42.5 Å². The molecule has 1 aromatic carbocycles. The van der Waals surface area contributed by atoms with E-state index in [-0.39, 0.29) is 23.1 Å². The number of benzene rings is 1. The molecule has 3 rings (SSSR count). The van der Waals surface area contributed by atoms with Crippen LogP contribution >= 0.6 is 0 Å². The number of aromatic nitrogens is 5. The number of hydrazone groups is 1. The van der Waals surface area contributed by atoms with Gasteiger partial charge < -0.3 is 10.8 Å². The summed E-state index contributed by atoms with van der Waals surface area (Å²) in [6.45, 7) is 1.60. The zero-order valence-electron chi connectivity index (χ0n) is 12.4. The van der Waals surface area contributed by atoms with Crippen LogP contribution in [-0.2, 0) is 0 Å². The summed E-state index contributed by atoms with van der Waals surface area (Å²) in [6, 6.07) is 6.39. The zero-order chi connectivity index (χ0) is 17.1. The lowest BCUT2D eigenvalue weighted by Gasteiger charge is -2.02. The maximum atomic E-state index is 12.3. The quantitative estimate of drug-likeness (QED) is 0.446. The first-order chi connectivity index (χ1) is 11.6. The summed E-state index contributed by atoms with van der Waals surface area (Å²) in [5.41, 5.74) is 9.00. The van der Waals surface area contributed by atoms with Gasteiger partial charge in [-0.3, -0.25) is 4.79 Å². The molecule has 0 fully saturated rings. The predicted molar refractivity (Wildman–Crippen MR) is 81.5 cm³/mol. The molecule has 0 spiro atoms. The van der Waals surface area contributed by atoms with Crippen molar-refractivity contribution in [2.75, 3.05) is 5.73 Å². The molecule has 4 N–H and O–H groups in total. The summed E-state index contributed by atoms with van der Waals surface area (Å²) in [5, 5.41) is 27.8. The summed E-state index contributed by atoms with van der Waals surface area (Å²) in [4.78, 5) is 12.3. The molecule has 3 aromatic rings. The van der Waals surface area contributed by atoms with Gasteiger partial charge in [-0.25, -0.2) is 10.1 Å². The number of rotatable bonds is 4. The van der Waals surface area contributed by atoms with Crippen molar-refractivity contribution in [3.05, 3.63) is 41.2 Å². The topological polar surface area (TPSA) is 157 Å². The minimum atomic E-state index is -0.573. The molecule has 0 aliphatic heterocycles. The molecule has 1 amide bonds.